The third-order valence-corrected chi connectivity index (χ3v) is 4.69. The molecule has 0 radical (unpaired) electrons. The molecule has 1 aromatic heterocycles. The average Bonchev–Trinajstić information content (AvgIpc) is 2.86. The molecule has 0 saturated carbocycles. The molecular formula is C15H18BrNOS. The van der Waals surface area contributed by atoms with Crippen molar-refractivity contribution in [2.24, 2.45) is 0 Å². The molecule has 1 aromatic carbocycles. The van der Waals surface area contributed by atoms with Crippen LogP contribution in [0, 0.1) is 0 Å². The third-order valence-electron chi connectivity index (χ3n) is 3.00. The summed E-state index contributed by atoms with van der Waals surface area (Å²) in [5.74, 6) is 0. The molecule has 102 valence electrons. The summed E-state index contributed by atoms with van der Waals surface area (Å²) in [6.07, 6.45) is 1.77. The summed E-state index contributed by atoms with van der Waals surface area (Å²) in [7, 11) is 0. The highest BCUT2D eigenvalue weighted by Crippen LogP contribution is 2.22. The molecule has 2 nitrogen and oxygen atoms in total. The summed E-state index contributed by atoms with van der Waals surface area (Å²) in [4.78, 5) is 1.32. The smallest absolute Gasteiger partial charge is 0.0431 e. The van der Waals surface area contributed by atoms with Gasteiger partial charge in [0.05, 0.1) is 0 Å². The largest absolute Gasteiger partial charge is 0.396 e. The molecule has 19 heavy (non-hydrogen) atoms. The maximum Gasteiger partial charge on any atom is 0.0431 e. The maximum absolute atomic E-state index is 9.02. The Hall–Kier alpha value is -0.680. The lowest BCUT2D eigenvalue weighted by atomic mass is 10.0. The molecule has 2 aromatic rings. The van der Waals surface area contributed by atoms with Gasteiger partial charge in [0.1, 0.15) is 0 Å². The van der Waals surface area contributed by atoms with Crippen molar-refractivity contribution in [3.05, 3.63) is 56.7 Å². The molecule has 0 amide bonds. The van der Waals surface area contributed by atoms with Crippen molar-refractivity contribution in [2.45, 2.75) is 25.4 Å². The molecule has 1 atom stereocenters. The molecule has 0 aliphatic rings. The number of rotatable bonds is 7. The van der Waals surface area contributed by atoms with Gasteiger partial charge in [0.15, 0.2) is 0 Å². The first kappa shape index (κ1) is 14.7. The molecule has 0 saturated heterocycles. The first-order valence-electron chi connectivity index (χ1n) is 6.41. The van der Waals surface area contributed by atoms with E-state index in [1.807, 2.05) is 6.07 Å². The second-order valence-electron chi connectivity index (χ2n) is 4.44. The monoisotopic (exact) mass is 339 g/mol. The van der Waals surface area contributed by atoms with Crippen molar-refractivity contribution in [1.82, 2.24) is 5.32 Å². The van der Waals surface area contributed by atoms with Crippen molar-refractivity contribution < 1.29 is 5.11 Å². The van der Waals surface area contributed by atoms with Crippen molar-refractivity contribution in [3.8, 4) is 0 Å². The highest BCUT2D eigenvalue weighted by molar-refractivity contribution is 9.10. The topological polar surface area (TPSA) is 32.3 Å². The summed E-state index contributed by atoms with van der Waals surface area (Å²) in [5.41, 5.74) is 1.28. The number of aliphatic hydroxyl groups is 1. The lowest BCUT2D eigenvalue weighted by Gasteiger charge is -2.18. The second-order valence-corrected chi connectivity index (χ2v) is 6.35. The normalized spacial score (nSPS) is 12.5. The van der Waals surface area contributed by atoms with E-state index in [0.717, 1.165) is 23.9 Å². The fraction of sp³-hybridized carbons (Fsp3) is 0.333. The maximum atomic E-state index is 9.02. The summed E-state index contributed by atoms with van der Waals surface area (Å²) < 4.78 is 1.14. The minimum atomic E-state index is 0.246. The van der Waals surface area contributed by atoms with Gasteiger partial charge >= 0.3 is 0 Å². The molecular weight excluding hydrogens is 322 g/mol. The molecule has 0 aliphatic heterocycles. The number of hydrogen-bond acceptors (Lipinski definition) is 3. The van der Waals surface area contributed by atoms with Gasteiger partial charge in [0.2, 0.25) is 0 Å². The first-order chi connectivity index (χ1) is 9.29. The summed E-state index contributed by atoms with van der Waals surface area (Å²) >= 11 is 5.23. The van der Waals surface area contributed by atoms with E-state index in [1.54, 1.807) is 11.3 Å². The SMILES string of the molecule is OCCCC(NCc1cc(Br)cs1)c1ccccc1. The van der Waals surface area contributed by atoms with Crippen LogP contribution in [0.4, 0.5) is 0 Å². The molecule has 1 unspecified atom stereocenters. The van der Waals surface area contributed by atoms with Crippen molar-refractivity contribution in [1.29, 1.82) is 0 Å². The molecule has 2 rings (SSSR count). The van der Waals surface area contributed by atoms with Gasteiger partial charge in [-0.25, -0.2) is 0 Å². The van der Waals surface area contributed by atoms with Crippen LogP contribution in [0.3, 0.4) is 0 Å². The van der Waals surface area contributed by atoms with E-state index in [9.17, 15) is 0 Å². The Balaban J connectivity index is 1.97. The van der Waals surface area contributed by atoms with E-state index in [-0.39, 0.29) is 6.61 Å². The van der Waals surface area contributed by atoms with Crippen LogP contribution in [0.5, 0.6) is 0 Å². The van der Waals surface area contributed by atoms with E-state index in [4.69, 9.17) is 5.11 Å². The van der Waals surface area contributed by atoms with Crippen molar-refractivity contribution in [2.75, 3.05) is 6.61 Å². The highest BCUT2D eigenvalue weighted by Gasteiger charge is 2.10. The number of thiophene rings is 1. The average molecular weight is 340 g/mol. The van der Waals surface area contributed by atoms with E-state index in [0.29, 0.717) is 6.04 Å². The van der Waals surface area contributed by atoms with Crippen LogP contribution in [0.2, 0.25) is 0 Å². The fourth-order valence-corrected chi connectivity index (χ4v) is 3.44. The summed E-state index contributed by atoms with van der Waals surface area (Å²) in [6, 6.07) is 12.9. The summed E-state index contributed by atoms with van der Waals surface area (Å²) in [5, 5.41) is 14.7. The Morgan fingerprint density at radius 1 is 1.26 bits per heavy atom. The van der Waals surface area contributed by atoms with Gasteiger partial charge in [-0.1, -0.05) is 30.3 Å². The lowest BCUT2D eigenvalue weighted by Crippen LogP contribution is -2.20. The fourth-order valence-electron chi connectivity index (χ4n) is 2.04. The van der Waals surface area contributed by atoms with Gasteiger partial charge in [0.25, 0.3) is 0 Å². The molecule has 4 heteroatoms. The Morgan fingerprint density at radius 3 is 2.68 bits per heavy atom. The summed E-state index contributed by atoms with van der Waals surface area (Å²) in [6.45, 7) is 1.11. The standard InChI is InChI=1S/C15H18BrNOS/c16-13-9-14(19-11-13)10-17-15(7-4-8-18)12-5-2-1-3-6-12/h1-3,5-6,9,11,15,17-18H,4,7-8,10H2. The van der Waals surface area contributed by atoms with Crippen molar-refractivity contribution in [3.63, 3.8) is 0 Å². The van der Waals surface area contributed by atoms with Crippen LogP contribution < -0.4 is 5.32 Å². The number of hydrogen-bond donors (Lipinski definition) is 2. The van der Waals surface area contributed by atoms with Crippen LogP contribution in [0.1, 0.15) is 29.3 Å². The van der Waals surface area contributed by atoms with E-state index in [1.165, 1.54) is 10.4 Å². The quantitative estimate of drug-likeness (QED) is 0.795. The van der Waals surface area contributed by atoms with Gasteiger partial charge < -0.3 is 10.4 Å². The lowest BCUT2D eigenvalue weighted by molar-refractivity contribution is 0.275. The Morgan fingerprint density at radius 2 is 2.05 bits per heavy atom. The number of aliphatic hydroxyl groups excluding tert-OH is 1. The van der Waals surface area contributed by atoms with Crippen LogP contribution in [0.15, 0.2) is 46.3 Å². The van der Waals surface area contributed by atoms with Gasteiger partial charge in [-0.05, 0) is 40.4 Å². The molecule has 0 spiro atoms. The van der Waals surface area contributed by atoms with Gasteiger partial charge in [-0.3, -0.25) is 0 Å². The zero-order valence-corrected chi connectivity index (χ0v) is 13.1. The zero-order chi connectivity index (χ0) is 13.5. The molecule has 0 bridgehead atoms. The Bertz CT molecular complexity index is 486. The number of benzene rings is 1. The van der Waals surface area contributed by atoms with E-state index in [2.05, 4.69) is 57.0 Å². The predicted octanol–water partition coefficient (Wildman–Crippen LogP) is 4.11. The molecule has 2 N–H and O–H groups in total. The van der Waals surface area contributed by atoms with Gasteiger partial charge in [-0.15, -0.1) is 11.3 Å². The third kappa shape index (κ3) is 4.73. The van der Waals surface area contributed by atoms with E-state index >= 15 is 0 Å². The van der Waals surface area contributed by atoms with Gasteiger partial charge in [-0.2, -0.15) is 0 Å². The number of nitrogens with one attached hydrogen (secondary N) is 1. The predicted molar refractivity (Wildman–Crippen MR) is 84.4 cm³/mol. The Kier molecular flexibility index (Phi) is 6.04. The van der Waals surface area contributed by atoms with E-state index < -0.39 is 0 Å². The van der Waals surface area contributed by atoms with Crippen LogP contribution in [-0.2, 0) is 6.54 Å². The minimum absolute atomic E-state index is 0.246. The first-order valence-corrected chi connectivity index (χ1v) is 8.09. The Labute approximate surface area is 126 Å². The number of halogens is 1. The zero-order valence-electron chi connectivity index (χ0n) is 10.7. The molecule has 1 heterocycles. The molecule has 0 fully saturated rings. The second kappa shape index (κ2) is 7.80. The van der Waals surface area contributed by atoms with Crippen LogP contribution >= 0.6 is 27.3 Å². The molecule has 0 aliphatic carbocycles. The van der Waals surface area contributed by atoms with Crippen LogP contribution in [-0.4, -0.2) is 11.7 Å². The van der Waals surface area contributed by atoms with Crippen molar-refractivity contribution >= 4 is 27.3 Å². The van der Waals surface area contributed by atoms with Crippen LogP contribution in [0.25, 0.3) is 0 Å². The minimum Gasteiger partial charge on any atom is -0.396 e. The highest BCUT2D eigenvalue weighted by atomic mass is 79.9. The van der Waals surface area contributed by atoms with Gasteiger partial charge in [0, 0.05) is 33.9 Å².